The Balaban J connectivity index is 2.68. The summed E-state index contributed by atoms with van der Waals surface area (Å²) in [6.45, 7) is 2.24. The van der Waals surface area contributed by atoms with Crippen molar-refractivity contribution in [2.24, 2.45) is 22.9 Å². The number of carbonyl (C=O) groups excluding carboxylic acids is 3. The summed E-state index contributed by atoms with van der Waals surface area (Å²) < 4.78 is 11.3. The molecule has 0 aliphatic carbocycles. The quantitative estimate of drug-likeness (QED) is 0.0495. The van der Waals surface area contributed by atoms with Crippen molar-refractivity contribution in [3.63, 3.8) is 0 Å². The summed E-state index contributed by atoms with van der Waals surface area (Å²) in [5, 5.41) is 10.6. The van der Waals surface area contributed by atoms with Gasteiger partial charge in [-0.1, -0.05) is 96.1 Å². The second-order valence-corrected chi connectivity index (χ2v) is 10.9. The largest absolute Gasteiger partial charge is 0.459 e. The molecule has 0 spiro atoms. The minimum atomic E-state index is -1.46. The van der Waals surface area contributed by atoms with Crippen LogP contribution in [0.2, 0.25) is 0 Å². The Bertz CT molecular complexity index is 897. The number of aliphatic hydroxyl groups excluding tert-OH is 1. The van der Waals surface area contributed by atoms with Crippen molar-refractivity contribution in [1.29, 1.82) is 0 Å². The van der Waals surface area contributed by atoms with Crippen molar-refractivity contribution in [3.8, 4) is 11.5 Å². The monoisotopic (exact) mass is 578 g/mol. The molecule has 0 saturated heterocycles. The zero-order chi connectivity index (χ0) is 30.5. The molecule has 1 unspecified atom stereocenters. The highest BCUT2D eigenvalue weighted by Gasteiger charge is 2.24. The average molecular weight is 579 g/mol. The van der Waals surface area contributed by atoms with Crippen LogP contribution in [0.15, 0.2) is 18.2 Å². The molecule has 0 radical (unpaired) electrons. The van der Waals surface area contributed by atoms with E-state index in [9.17, 15) is 19.5 Å². The number of para-hydroxylation sites is 1. The number of hydrogen-bond donors (Lipinski definition) is 5. The normalized spacial score (nSPS) is 13.4. The molecule has 41 heavy (non-hydrogen) atoms. The molecular weight excluding hydrogens is 524 g/mol. The highest BCUT2D eigenvalue weighted by molar-refractivity contribution is 5.80. The molecule has 1 aromatic rings. The van der Waals surface area contributed by atoms with Crippen LogP contribution in [0.1, 0.15) is 122 Å². The molecule has 0 aliphatic heterocycles. The van der Waals surface area contributed by atoms with E-state index in [0.29, 0.717) is 6.42 Å². The van der Waals surface area contributed by atoms with E-state index in [2.05, 4.69) is 6.92 Å². The smallest absolute Gasteiger partial charge is 0.328 e. The van der Waals surface area contributed by atoms with Crippen molar-refractivity contribution in [1.82, 2.24) is 0 Å². The summed E-state index contributed by atoms with van der Waals surface area (Å²) in [6.07, 6.45) is 15.5. The van der Waals surface area contributed by atoms with Crippen LogP contribution in [0.25, 0.3) is 0 Å². The molecule has 2 amide bonds. The lowest BCUT2D eigenvalue weighted by Crippen LogP contribution is -2.40. The molecule has 0 aromatic heterocycles. The molecule has 3 atom stereocenters. The van der Waals surface area contributed by atoms with Crippen molar-refractivity contribution in [3.05, 3.63) is 23.8 Å². The van der Waals surface area contributed by atoms with Crippen LogP contribution >= 0.6 is 0 Å². The summed E-state index contributed by atoms with van der Waals surface area (Å²) in [5.41, 5.74) is 23.0. The summed E-state index contributed by atoms with van der Waals surface area (Å²) in [7, 11) is 0. The fraction of sp³-hybridized carbons (Fsp3) is 0.710. The lowest BCUT2D eigenvalue weighted by atomic mass is 10.0. The number of ether oxygens (including phenoxy) is 2. The third-order valence-electron chi connectivity index (χ3n) is 7.15. The Morgan fingerprint density at radius 1 is 0.780 bits per heavy atom. The molecule has 10 heteroatoms. The van der Waals surface area contributed by atoms with Crippen LogP contribution < -0.4 is 32.4 Å². The first-order valence-electron chi connectivity index (χ1n) is 15.4. The van der Waals surface area contributed by atoms with Gasteiger partial charge in [0.2, 0.25) is 18.1 Å². The molecule has 234 valence electrons. The Kier molecular flexibility index (Phi) is 19.5. The number of amides is 2. The maximum Gasteiger partial charge on any atom is 0.328 e. The van der Waals surface area contributed by atoms with Gasteiger partial charge in [-0.25, -0.2) is 4.79 Å². The maximum absolute atomic E-state index is 12.6. The number of nitrogens with two attached hydrogens (primary N) is 4. The third-order valence-corrected chi connectivity index (χ3v) is 7.15. The van der Waals surface area contributed by atoms with Gasteiger partial charge in [-0.05, 0) is 37.3 Å². The molecule has 10 nitrogen and oxygen atoms in total. The highest BCUT2D eigenvalue weighted by atomic mass is 16.6. The first-order chi connectivity index (χ1) is 19.6. The molecule has 0 aliphatic rings. The summed E-state index contributed by atoms with van der Waals surface area (Å²) in [5.74, 6) is -1.55. The van der Waals surface area contributed by atoms with E-state index in [4.69, 9.17) is 32.4 Å². The summed E-state index contributed by atoms with van der Waals surface area (Å²) >= 11 is 0. The predicted molar refractivity (Wildman–Crippen MR) is 161 cm³/mol. The number of esters is 1. The number of hydrogen-bond acceptors (Lipinski definition) is 8. The predicted octanol–water partition coefficient (Wildman–Crippen LogP) is 4.11. The van der Waals surface area contributed by atoms with Crippen LogP contribution in [-0.2, 0) is 20.8 Å². The van der Waals surface area contributed by atoms with Crippen LogP contribution in [0.3, 0.4) is 0 Å². The molecule has 0 bridgehead atoms. The number of carbonyl (C=O) groups is 3. The van der Waals surface area contributed by atoms with Gasteiger partial charge in [0.15, 0.2) is 11.5 Å². The second kappa shape index (κ2) is 22.0. The SMILES string of the molecule is CCCCCCCCCCCCCCCc1cccc(OC(=O)[C@@H](N)CCC(N)=O)c1OC(O)[C@@H](N)CCC(N)=O. The topological polar surface area (TPSA) is 194 Å². The van der Waals surface area contributed by atoms with Gasteiger partial charge in [0.25, 0.3) is 0 Å². The Hall–Kier alpha value is -2.69. The fourth-order valence-electron chi connectivity index (χ4n) is 4.56. The van der Waals surface area contributed by atoms with Gasteiger partial charge in [0.05, 0.1) is 6.04 Å². The van der Waals surface area contributed by atoms with E-state index in [1.54, 1.807) is 12.1 Å². The van der Waals surface area contributed by atoms with Crippen LogP contribution in [0, 0.1) is 0 Å². The van der Waals surface area contributed by atoms with Crippen molar-refractivity contribution >= 4 is 17.8 Å². The van der Waals surface area contributed by atoms with Crippen LogP contribution in [0.4, 0.5) is 0 Å². The minimum Gasteiger partial charge on any atom is -0.459 e. The Morgan fingerprint density at radius 3 is 1.83 bits per heavy atom. The standard InChI is InChI=1S/C31H54N4O6/c1-2-3-4-5-6-7-8-9-10-11-12-13-14-16-23-17-15-18-26(40-30(38)24(32)19-21-27(34)36)29(23)41-31(39)25(33)20-22-28(35)37/h15,17-18,24-25,31,39H,2-14,16,19-22,32-33H2,1H3,(H2,34,36)(H2,35,37)/t24-,25-,31?/m0/s1. The van der Waals surface area contributed by atoms with Gasteiger partial charge < -0.3 is 37.5 Å². The lowest BCUT2D eigenvalue weighted by molar-refractivity contribution is -0.136. The third kappa shape index (κ3) is 17.0. The zero-order valence-corrected chi connectivity index (χ0v) is 25.0. The van der Waals surface area contributed by atoms with Gasteiger partial charge in [-0.15, -0.1) is 0 Å². The first kappa shape index (κ1) is 36.3. The number of unbranched alkanes of at least 4 members (excludes halogenated alkanes) is 12. The van der Waals surface area contributed by atoms with E-state index in [1.165, 1.54) is 64.2 Å². The van der Waals surface area contributed by atoms with E-state index >= 15 is 0 Å². The van der Waals surface area contributed by atoms with Crippen molar-refractivity contribution in [2.45, 2.75) is 141 Å². The zero-order valence-electron chi connectivity index (χ0n) is 25.0. The number of rotatable bonds is 25. The molecular formula is C31H54N4O6. The number of primary amides is 2. The lowest BCUT2D eigenvalue weighted by Gasteiger charge is -2.23. The van der Waals surface area contributed by atoms with Crippen LogP contribution in [-0.4, -0.2) is 41.3 Å². The van der Waals surface area contributed by atoms with Gasteiger partial charge in [-0.3, -0.25) is 9.59 Å². The average Bonchev–Trinajstić information content (AvgIpc) is 2.93. The van der Waals surface area contributed by atoms with E-state index in [0.717, 1.165) is 24.8 Å². The first-order valence-corrected chi connectivity index (χ1v) is 15.4. The van der Waals surface area contributed by atoms with Crippen molar-refractivity contribution < 1.29 is 29.0 Å². The second-order valence-electron chi connectivity index (χ2n) is 10.9. The maximum atomic E-state index is 12.6. The molecule has 0 saturated carbocycles. The summed E-state index contributed by atoms with van der Waals surface area (Å²) in [4.78, 5) is 34.8. The van der Waals surface area contributed by atoms with Gasteiger partial charge in [0, 0.05) is 12.8 Å². The molecule has 1 rings (SSSR count). The molecule has 0 heterocycles. The van der Waals surface area contributed by atoms with Crippen LogP contribution in [0.5, 0.6) is 11.5 Å². The molecule has 0 fully saturated rings. The Morgan fingerprint density at radius 2 is 1.29 bits per heavy atom. The van der Waals surface area contributed by atoms with Crippen molar-refractivity contribution in [2.75, 3.05) is 0 Å². The number of aryl methyl sites for hydroxylation is 1. The van der Waals surface area contributed by atoms with E-state index in [-0.39, 0.29) is 37.2 Å². The molecule has 1 aromatic carbocycles. The Labute approximate surface area is 245 Å². The summed E-state index contributed by atoms with van der Waals surface area (Å²) in [6, 6.07) is 3.20. The number of benzene rings is 1. The van der Waals surface area contributed by atoms with E-state index in [1.807, 2.05) is 6.07 Å². The molecule has 9 N–H and O–H groups in total. The van der Waals surface area contributed by atoms with Gasteiger partial charge >= 0.3 is 5.97 Å². The fourth-order valence-corrected chi connectivity index (χ4v) is 4.56. The highest BCUT2D eigenvalue weighted by Crippen LogP contribution is 2.34. The van der Waals surface area contributed by atoms with E-state index < -0.39 is 36.2 Å². The van der Waals surface area contributed by atoms with Gasteiger partial charge in [0.1, 0.15) is 6.04 Å². The van der Waals surface area contributed by atoms with Gasteiger partial charge in [-0.2, -0.15) is 0 Å². The number of aliphatic hydroxyl groups is 1. The minimum absolute atomic E-state index is 0.00124.